The first-order valence-electron chi connectivity index (χ1n) is 9.01. The maximum Gasteiger partial charge on any atom is 0.255 e. The van der Waals surface area contributed by atoms with Crippen LogP contribution in [0.3, 0.4) is 0 Å². The molecule has 1 aliphatic rings. The number of ether oxygens (including phenoxy) is 2. The van der Waals surface area contributed by atoms with Crippen LogP contribution in [0.25, 0.3) is 0 Å². The van der Waals surface area contributed by atoms with Crippen molar-refractivity contribution in [2.75, 3.05) is 26.3 Å². The molecular weight excluding hydrogens is 320 g/mol. The Morgan fingerprint density at radius 2 is 1.92 bits per heavy atom. The standard InChI is InChI=1S/C19H28N2O4/c1-4-6-10-25-18-11-16(24-9-5-2)7-8-17(18)19(23)20-15-12-21(13-15)14(3)22/h7-8,11,15H,4-6,9-10,12-13H2,1-3H3,(H,20,23). The SMILES string of the molecule is CCCCOc1cc(OCCC)ccc1C(=O)NC1CN(C(C)=O)C1. The van der Waals surface area contributed by atoms with Crippen LogP contribution in [0.5, 0.6) is 11.5 Å². The zero-order valence-corrected chi connectivity index (χ0v) is 15.3. The fraction of sp³-hybridized carbons (Fsp3) is 0.579. The summed E-state index contributed by atoms with van der Waals surface area (Å²) in [5.41, 5.74) is 0.501. The first kappa shape index (κ1) is 19.1. The second kappa shape index (κ2) is 9.30. The Bertz CT molecular complexity index is 597. The number of nitrogens with zero attached hydrogens (tertiary/aromatic N) is 1. The molecule has 1 saturated heterocycles. The van der Waals surface area contributed by atoms with E-state index in [4.69, 9.17) is 9.47 Å². The number of amides is 2. The van der Waals surface area contributed by atoms with Crippen molar-refractivity contribution in [2.24, 2.45) is 0 Å². The Morgan fingerprint density at radius 1 is 1.16 bits per heavy atom. The fourth-order valence-corrected chi connectivity index (χ4v) is 2.54. The van der Waals surface area contributed by atoms with E-state index >= 15 is 0 Å². The summed E-state index contributed by atoms with van der Waals surface area (Å²) in [6.45, 7) is 7.99. The number of benzene rings is 1. The molecule has 1 aromatic rings. The van der Waals surface area contributed by atoms with Crippen LogP contribution < -0.4 is 14.8 Å². The Labute approximate surface area is 149 Å². The van der Waals surface area contributed by atoms with Crippen LogP contribution in [-0.4, -0.2) is 49.1 Å². The first-order chi connectivity index (χ1) is 12.0. The van der Waals surface area contributed by atoms with Gasteiger partial charge >= 0.3 is 0 Å². The number of hydrogen-bond donors (Lipinski definition) is 1. The number of unbranched alkanes of at least 4 members (excludes halogenated alkanes) is 1. The second-order valence-electron chi connectivity index (χ2n) is 6.30. The van der Waals surface area contributed by atoms with Crippen LogP contribution in [0.4, 0.5) is 0 Å². The van der Waals surface area contributed by atoms with Gasteiger partial charge in [-0.2, -0.15) is 0 Å². The van der Waals surface area contributed by atoms with Gasteiger partial charge in [0.05, 0.1) is 24.8 Å². The summed E-state index contributed by atoms with van der Waals surface area (Å²) in [4.78, 5) is 25.5. The molecule has 6 nitrogen and oxygen atoms in total. The second-order valence-corrected chi connectivity index (χ2v) is 6.30. The van der Waals surface area contributed by atoms with E-state index in [9.17, 15) is 9.59 Å². The monoisotopic (exact) mass is 348 g/mol. The lowest BCUT2D eigenvalue weighted by Gasteiger charge is -2.38. The van der Waals surface area contributed by atoms with Crippen LogP contribution in [0.1, 0.15) is 50.4 Å². The maximum absolute atomic E-state index is 12.6. The molecule has 1 N–H and O–H groups in total. The molecule has 0 saturated carbocycles. The molecule has 0 radical (unpaired) electrons. The highest BCUT2D eigenvalue weighted by molar-refractivity contribution is 5.97. The molecule has 0 bridgehead atoms. The van der Waals surface area contributed by atoms with E-state index in [2.05, 4.69) is 12.2 Å². The number of carbonyl (C=O) groups excluding carboxylic acids is 2. The highest BCUT2D eigenvalue weighted by atomic mass is 16.5. The van der Waals surface area contributed by atoms with Gasteiger partial charge in [-0.25, -0.2) is 0 Å². The number of carbonyl (C=O) groups is 2. The molecule has 0 unspecified atom stereocenters. The third-order valence-electron chi connectivity index (χ3n) is 4.09. The minimum atomic E-state index is -0.179. The van der Waals surface area contributed by atoms with Crippen LogP contribution in [-0.2, 0) is 4.79 Å². The number of likely N-dealkylation sites (tertiary alicyclic amines) is 1. The summed E-state index contributed by atoms with van der Waals surface area (Å²) in [5, 5.41) is 2.96. The summed E-state index contributed by atoms with van der Waals surface area (Å²) >= 11 is 0. The van der Waals surface area contributed by atoms with E-state index < -0.39 is 0 Å². The van der Waals surface area contributed by atoms with Gasteiger partial charge in [0.25, 0.3) is 5.91 Å². The zero-order chi connectivity index (χ0) is 18.2. The largest absolute Gasteiger partial charge is 0.493 e. The van der Waals surface area contributed by atoms with Crippen molar-refractivity contribution in [3.05, 3.63) is 23.8 Å². The molecule has 1 aromatic carbocycles. The number of rotatable bonds is 9. The van der Waals surface area contributed by atoms with Crippen LogP contribution in [0.15, 0.2) is 18.2 Å². The highest BCUT2D eigenvalue weighted by Crippen LogP contribution is 2.26. The predicted octanol–water partition coefficient (Wildman–Crippen LogP) is 2.61. The quantitative estimate of drug-likeness (QED) is 0.697. The van der Waals surface area contributed by atoms with Crippen molar-refractivity contribution in [1.29, 1.82) is 0 Å². The van der Waals surface area contributed by atoms with E-state index in [-0.39, 0.29) is 17.9 Å². The number of nitrogens with one attached hydrogen (secondary N) is 1. The molecule has 0 aromatic heterocycles. The lowest BCUT2D eigenvalue weighted by atomic mass is 10.1. The molecular formula is C19H28N2O4. The highest BCUT2D eigenvalue weighted by Gasteiger charge is 2.30. The molecule has 0 atom stereocenters. The minimum Gasteiger partial charge on any atom is -0.493 e. The molecule has 1 fully saturated rings. The molecule has 2 amide bonds. The third-order valence-corrected chi connectivity index (χ3v) is 4.09. The molecule has 0 aliphatic carbocycles. The molecule has 1 heterocycles. The lowest BCUT2D eigenvalue weighted by molar-refractivity contribution is -0.133. The van der Waals surface area contributed by atoms with Gasteiger partial charge in [0, 0.05) is 26.1 Å². The number of hydrogen-bond acceptors (Lipinski definition) is 4. The Balaban J connectivity index is 2.03. The molecule has 6 heteroatoms. The van der Waals surface area contributed by atoms with Crippen molar-refractivity contribution < 1.29 is 19.1 Å². The molecule has 138 valence electrons. The van der Waals surface area contributed by atoms with Gasteiger partial charge in [0.1, 0.15) is 11.5 Å². The van der Waals surface area contributed by atoms with E-state index in [1.807, 2.05) is 6.92 Å². The van der Waals surface area contributed by atoms with Gasteiger partial charge in [-0.05, 0) is 25.0 Å². The first-order valence-corrected chi connectivity index (χ1v) is 9.01. The van der Waals surface area contributed by atoms with Crippen LogP contribution in [0, 0.1) is 0 Å². The molecule has 0 spiro atoms. The average Bonchev–Trinajstić information content (AvgIpc) is 2.55. The Kier molecular flexibility index (Phi) is 7.10. The van der Waals surface area contributed by atoms with E-state index in [0.29, 0.717) is 43.4 Å². The van der Waals surface area contributed by atoms with Gasteiger partial charge in [-0.1, -0.05) is 20.3 Å². The van der Waals surface area contributed by atoms with Gasteiger partial charge in [-0.15, -0.1) is 0 Å². The Hall–Kier alpha value is -2.24. The van der Waals surface area contributed by atoms with Gasteiger partial charge in [-0.3, -0.25) is 9.59 Å². The molecule has 25 heavy (non-hydrogen) atoms. The smallest absolute Gasteiger partial charge is 0.255 e. The maximum atomic E-state index is 12.6. The topological polar surface area (TPSA) is 67.9 Å². The van der Waals surface area contributed by atoms with Crippen molar-refractivity contribution >= 4 is 11.8 Å². The predicted molar refractivity (Wildman–Crippen MR) is 96.1 cm³/mol. The molecule has 2 rings (SSSR count). The van der Waals surface area contributed by atoms with Crippen molar-refractivity contribution in [3.63, 3.8) is 0 Å². The Morgan fingerprint density at radius 3 is 2.56 bits per heavy atom. The fourth-order valence-electron chi connectivity index (χ4n) is 2.54. The molecule has 1 aliphatic heterocycles. The summed E-state index contributed by atoms with van der Waals surface area (Å²) in [6, 6.07) is 5.31. The zero-order valence-electron chi connectivity index (χ0n) is 15.3. The minimum absolute atomic E-state index is 0.00379. The summed E-state index contributed by atoms with van der Waals surface area (Å²) in [6.07, 6.45) is 2.87. The van der Waals surface area contributed by atoms with Crippen molar-refractivity contribution in [1.82, 2.24) is 10.2 Å². The van der Waals surface area contributed by atoms with E-state index in [1.165, 1.54) is 6.92 Å². The van der Waals surface area contributed by atoms with Crippen LogP contribution >= 0.6 is 0 Å². The normalized spacial score (nSPS) is 14.0. The van der Waals surface area contributed by atoms with E-state index in [0.717, 1.165) is 19.3 Å². The van der Waals surface area contributed by atoms with Crippen molar-refractivity contribution in [2.45, 2.75) is 46.1 Å². The third kappa shape index (κ3) is 5.37. The summed E-state index contributed by atoms with van der Waals surface area (Å²) in [5.74, 6) is 1.10. The van der Waals surface area contributed by atoms with Crippen LogP contribution in [0.2, 0.25) is 0 Å². The lowest BCUT2D eigenvalue weighted by Crippen LogP contribution is -2.60. The van der Waals surface area contributed by atoms with Gasteiger partial charge in [0.2, 0.25) is 5.91 Å². The van der Waals surface area contributed by atoms with E-state index in [1.54, 1.807) is 23.1 Å². The van der Waals surface area contributed by atoms with Crippen molar-refractivity contribution in [3.8, 4) is 11.5 Å². The van der Waals surface area contributed by atoms with Gasteiger partial charge < -0.3 is 19.7 Å². The van der Waals surface area contributed by atoms with Gasteiger partial charge in [0.15, 0.2) is 0 Å². The average molecular weight is 348 g/mol. The summed E-state index contributed by atoms with van der Waals surface area (Å²) < 4.78 is 11.4. The summed E-state index contributed by atoms with van der Waals surface area (Å²) in [7, 11) is 0.